The Bertz CT molecular complexity index is 1010. The van der Waals surface area contributed by atoms with Crippen molar-refractivity contribution in [2.45, 2.75) is 40.2 Å². The van der Waals surface area contributed by atoms with E-state index in [0.29, 0.717) is 30.6 Å². The zero-order valence-electron chi connectivity index (χ0n) is 15.3. The Labute approximate surface area is 151 Å². The molecule has 0 saturated carbocycles. The van der Waals surface area contributed by atoms with E-state index >= 15 is 0 Å². The average Bonchev–Trinajstić information content (AvgIpc) is 3.20. The van der Waals surface area contributed by atoms with Gasteiger partial charge in [-0.3, -0.25) is 4.79 Å². The predicted molar refractivity (Wildman–Crippen MR) is 93.2 cm³/mol. The summed E-state index contributed by atoms with van der Waals surface area (Å²) in [6.07, 6.45) is 2.43. The van der Waals surface area contributed by atoms with Gasteiger partial charge in [0.25, 0.3) is 0 Å². The van der Waals surface area contributed by atoms with Crippen LogP contribution in [0.3, 0.4) is 0 Å². The van der Waals surface area contributed by atoms with Crippen LogP contribution < -0.4 is 0 Å². The van der Waals surface area contributed by atoms with E-state index in [2.05, 4.69) is 21.3 Å². The molecular formula is C18H20N6O2. The molecule has 0 aromatic carbocycles. The quantitative estimate of drug-likeness (QED) is 0.697. The highest BCUT2D eigenvalue weighted by Gasteiger charge is 2.16. The molecule has 0 N–H and O–H groups in total. The molecule has 0 aliphatic heterocycles. The molecule has 0 atom stereocenters. The molecule has 134 valence electrons. The van der Waals surface area contributed by atoms with Crippen molar-refractivity contribution in [3.8, 4) is 6.07 Å². The topological polar surface area (TPSA) is 100 Å². The van der Waals surface area contributed by atoms with Crippen LogP contribution in [0.1, 0.15) is 40.4 Å². The summed E-state index contributed by atoms with van der Waals surface area (Å²) in [6.45, 7) is 6.05. The van der Waals surface area contributed by atoms with E-state index in [1.54, 1.807) is 16.5 Å². The molecule has 1 amide bonds. The van der Waals surface area contributed by atoms with Gasteiger partial charge >= 0.3 is 0 Å². The van der Waals surface area contributed by atoms with E-state index in [1.165, 1.54) is 6.20 Å². The number of nitrogens with zero attached hydrogens (tertiary/aromatic N) is 6. The highest BCUT2D eigenvalue weighted by Crippen LogP contribution is 2.18. The van der Waals surface area contributed by atoms with Gasteiger partial charge in [-0.25, -0.2) is 9.50 Å². The Kier molecular flexibility index (Phi) is 4.71. The fourth-order valence-electron chi connectivity index (χ4n) is 3.00. The van der Waals surface area contributed by atoms with Gasteiger partial charge in [-0.15, -0.1) is 0 Å². The third kappa shape index (κ3) is 3.28. The molecule has 26 heavy (non-hydrogen) atoms. The van der Waals surface area contributed by atoms with Crippen LogP contribution in [0.15, 0.2) is 16.8 Å². The number of hydrogen-bond acceptors (Lipinski definition) is 6. The molecule has 3 heterocycles. The van der Waals surface area contributed by atoms with E-state index in [4.69, 9.17) is 9.78 Å². The van der Waals surface area contributed by atoms with Gasteiger partial charge in [0.2, 0.25) is 5.91 Å². The lowest BCUT2D eigenvalue weighted by molar-refractivity contribution is -0.130. The molecule has 8 nitrogen and oxygen atoms in total. The highest BCUT2D eigenvalue weighted by atomic mass is 16.5. The number of carbonyl (C=O) groups is 1. The number of nitriles is 1. The molecule has 0 aliphatic carbocycles. The predicted octanol–water partition coefficient (Wildman–Crippen LogP) is 2.11. The lowest BCUT2D eigenvalue weighted by atomic mass is 10.1. The fraction of sp³-hybridized carbons (Fsp3) is 0.389. The summed E-state index contributed by atoms with van der Waals surface area (Å²) in [5.74, 6) is 0.741. The summed E-state index contributed by atoms with van der Waals surface area (Å²) in [7, 11) is 1.75. The second-order valence-corrected chi connectivity index (χ2v) is 6.35. The molecule has 0 fully saturated rings. The van der Waals surface area contributed by atoms with Crippen LogP contribution in [0.5, 0.6) is 0 Å². The minimum absolute atomic E-state index is 0.0164. The molecule has 0 aliphatic rings. The number of carbonyl (C=O) groups excluding carboxylic acids is 1. The Morgan fingerprint density at radius 1 is 1.38 bits per heavy atom. The van der Waals surface area contributed by atoms with Crippen molar-refractivity contribution in [1.82, 2.24) is 24.7 Å². The molecule has 3 aromatic heterocycles. The Hall–Kier alpha value is -3.21. The van der Waals surface area contributed by atoms with Crippen molar-refractivity contribution in [1.29, 1.82) is 5.26 Å². The first-order chi connectivity index (χ1) is 12.4. The van der Waals surface area contributed by atoms with E-state index in [1.807, 2.05) is 26.8 Å². The van der Waals surface area contributed by atoms with Gasteiger partial charge in [-0.2, -0.15) is 10.4 Å². The van der Waals surface area contributed by atoms with Crippen LogP contribution in [0.2, 0.25) is 0 Å². The Morgan fingerprint density at radius 2 is 2.15 bits per heavy atom. The fourth-order valence-corrected chi connectivity index (χ4v) is 3.00. The third-order valence-electron chi connectivity index (χ3n) is 4.42. The number of aromatic nitrogens is 4. The van der Waals surface area contributed by atoms with Crippen molar-refractivity contribution in [3.63, 3.8) is 0 Å². The minimum Gasteiger partial charge on any atom is -0.361 e. The van der Waals surface area contributed by atoms with Crippen LogP contribution in [-0.4, -0.2) is 37.6 Å². The first-order valence-electron chi connectivity index (χ1n) is 8.30. The van der Waals surface area contributed by atoms with Crippen LogP contribution in [0.25, 0.3) is 5.65 Å². The number of rotatable bonds is 5. The van der Waals surface area contributed by atoms with E-state index in [0.717, 1.165) is 28.4 Å². The standard InChI is InChI=1S/C18H20N6O2/c1-11-7-15(22-26-11)10-23(4)17(25)6-5-16-12(2)21-18-14(8-19)9-20-24(18)13(16)3/h7,9H,5-6,10H2,1-4H3. The largest absolute Gasteiger partial charge is 0.361 e. The van der Waals surface area contributed by atoms with Crippen LogP contribution in [0.4, 0.5) is 0 Å². The van der Waals surface area contributed by atoms with Crippen LogP contribution in [-0.2, 0) is 17.8 Å². The molecule has 8 heteroatoms. The van der Waals surface area contributed by atoms with Gasteiger partial charge in [0, 0.05) is 30.9 Å². The number of aryl methyl sites for hydroxylation is 3. The first kappa shape index (κ1) is 17.6. The maximum Gasteiger partial charge on any atom is 0.222 e. The zero-order chi connectivity index (χ0) is 18.8. The van der Waals surface area contributed by atoms with Crippen molar-refractivity contribution >= 4 is 11.6 Å². The van der Waals surface area contributed by atoms with Gasteiger partial charge in [-0.1, -0.05) is 5.16 Å². The normalized spacial score (nSPS) is 10.9. The maximum atomic E-state index is 12.4. The third-order valence-corrected chi connectivity index (χ3v) is 4.42. The highest BCUT2D eigenvalue weighted by molar-refractivity contribution is 5.76. The van der Waals surface area contributed by atoms with Crippen molar-refractivity contribution in [2.24, 2.45) is 0 Å². The average molecular weight is 352 g/mol. The molecule has 0 bridgehead atoms. The Balaban J connectivity index is 1.73. The SMILES string of the molecule is Cc1cc(CN(C)C(=O)CCc2c(C)nc3c(C#N)cnn3c2C)no1. The smallest absolute Gasteiger partial charge is 0.222 e. The van der Waals surface area contributed by atoms with Crippen molar-refractivity contribution in [2.75, 3.05) is 7.05 Å². The molecule has 3 aromatic rings. The zero-order valence-corrected chi connectivity index (χ0v) is 15.3. The van der Waals surface area contributed by atoms with Gasteiger partial charge in [-0.05, 0) is 32.8 Å². The second-order valence-electron chi connectivity index (χ2n) is 6.35. The summed E-state index contributed by atoms with van der Waals surface area (Å²) < 4.78 is 6.69. The van der Waals surface area contributed by atoms with E-state index < -0.39 is 0 Å². The van der Waals surface area contributed by atoms with Crippen LogP contribution >= 0.6 is 0 Å². The molecule has 0 saturated heterocycles. The summed E-state index contributed by atoms with van der Waals surface area (Å²) in [4.78, 5) is 18.6. The summed E-state index contributed by atoms with van der Waals surface area (Å²) in [6, 6.07) is 3.91. The van der Waals surface area contributed by atoms with Gasteiger partial charge in [0.15, 0.2) is 5.65 Å². The molecule has 0 radical (unpaired) electrons. The van der Waals surface area contributed by atoms with Crippen LogP contribution in [0, 0.1) is 32.1 Å². The van der Waals surface area contributed by atoms with Crippen molar-refractivity contribution < 1.29 is 9.32 Å². The first-order valence-corrected chi connectivity index (χ1v) is 8.30. The minimum atomic E-state index is 0.0164. The van der Waals surface area contributed by atoms with E-state index in [9.17, 15) is 4.79 Å². The number of fused-ring (bicyclic) bond motifs is 1. The summed E-state index contributed by atoms with van der Waals surface area (Å²) in [5.41, 5.74) is 4.42. The second kappa shape index (κ2) is 6.96. The summed E-state index contributed by atoms with van der Waals surface area (Å²) >= 11 is 0. The molecular weight excluding hydrogens is 332 g/mol. The molecule has 3 rings (SSSR count). The monoisotopic (exact) mass is 352 g/mol. The Morgan fingerprint density at radius 3 is 2.81 bits per heavy atom. The van der Waals surface area contributed by atoms with Gasteiger partial charge in [0.05, 0.1) is 12.7 Å². The lowest BCUT2D eigenvalue weighted by Crippen LogP contribution is -2.26. The van der Waals surface area contributed by atoms with Gasteiger partial charge < -0.3 is 9.42 Å². The molecule has 0 spiro atoms. The van der Waals surface area contributed by atoms with Gasteiger partial charge in [0.1, 0.15) is 23.1 Å². The number of hydrogen-bond donors (Lipinski definition) is 0. The maximum absolute atomic E-state index is 12.4. The number of amides is 1. The van der Waals surface area contributed by atoms with E-state index in [-0.39, 0.29) is 5.91 Å². The summed E-state index contributed by atoms with van der Waals surface area (Å²) in [5, 5.41) is 17.3. The molecule has 0 unspecified atom stereocenters. The van der Waals surface area contributed by atoms with Crippen molar-refractivity contribution in [3.05, 3.63) is 46.2 Å². The lowest BCUT2D eigenvalue weighted by Gasteiger charge is -2.16.